The molecule has 0 radical (unpaired) electrons. The standard InChI is InChI=1S/C10H20N4/c1-4-6-8(3)14-7-10(12-13-14)9(11)5-2/h7-9H,4-6,11H2,1-3H3. The first-order valence-corrected chi connectivity index (χ1v) is 5.36. The van der Waals surface area contributed by atoms with Gasteiger partial charge in [0, 0.05) is 0 Å². The van der Waals surface area contributed by atoms with Crippen molar-refractivity contribution in [3.05, 3.63) is 11.9 Å². The Bertz CT molecular complexity index is 269. The second-order valence-corrected chi connectivity index (χ2v) is 3.78. The summed E-state index contributed by atoms with van der Waals surface area (Å²) in [4.78, 5) is 0. The summed E-state index contributed by atoms with van der Waals surface area (Å²) in [7, 11) is 0. The van der Waals surface area contributed by atoms with Gasteiger partial charge in [-0.3, -0.25) is 0 Å². The van der Waals surface area contributed by atoms with Gasteiger partial charge in [0.2, 0.25) is 0 Å². The molecule has 2 N–H and O–H groups in total. The molecule has 4 heteroatoms. The van der Waals surface area contributed by atoms with Crippen LogP contribution in [-0.2, 0) is 0 Å². The summed E-state index contributed by atoms with van der Waals surface area (Å²) in [5, 5.41) is 8.17. The number of hydrogen-bond donors (Lipinski definition) is 1. The van der Waals surface area contributed by atoms with Crippen LogP contribution in [0.1, 0.15) is 57.8 Å². The van der Waals surface area contributed by atoms with Crippen molar-refractivity contribution in [3.63, 3.8) is 0 Å². The molecule has 0 saturated carbocycles. The number of rotatable bonds is 5. The maximum atomic E-state index is 5.87. The molecule has 14 heavy (non-hydrogen) atoms. The van der Waals surface area contributed by atoms with E-state index in [1.54, 1.807) is 0 Å². The maximum absolute atomic E-state index is 5.87. The zero-order valence-corrected chi connectivity index (χ0v) is 9.27. The van der Waals surface area contributed by atoms with Gasteiger partial charge >= 0.3 is 0 Å². The third-order valence-electron chi connectivity index (χ3n) is 2.51. The lowest BCUT2D eigenvalue weighted by atomic mass is 10.2. The van der Waals surface area contributed by atoms with Gasteiger partial charge in [-0.05, 0) is 19.8 Å². The summed E-state index contributed by atoms with van der Waals surface area (Å²) in [5.74, 6) is 0. The van der Waals surface area contributed by atoms with E-state index >= 15 is 0 Å². The summed E-state index contributed by atoms with van der Waals surface area (Å²) in [6.07, 6.45) is 5.16. The molecular weight excluding hydrogens is 176 g/mol. The number of nitrogens with zero attached hydrogens (tertiary/aromatic N) is 3. The minimum Gasteiger partial charge on any atom is -0.323 e. The smallest absolute Gasteiger partial charge is 0.0994 e. The third-order valence-corrected chi connectivity index (χ3v) is 2.51. The van der Waals surface area contributed by atoms with E-state index in [9.17, 15) is 0 Å². The molecule has 2 atom stereocenters. The van der Waals surface area contributed by atoms with E-state index in [1.807, 2.05) is 10.9 Å². The normalized spacial score (nSPS) is 15.4. The maximum Gasteiger partial charge on any atom is 0.0994 e. The predicted molar refractivity (Wildman–Crippen MR) is 56.9 cm³/mol. The molecule has 1 aromatic heterocycles. The highest BCUT2D eigenvalue weighted by Crippen LogP contribution is 2.14. The lowest BCUT2D eigenvalue weighted by Gasteiger charge is -2.08. The average molecular weight is 196 g/mol. The first kappa shape index (κ1) is 11.2. The van der Waals surface area contributed by atoms with Gasteiger partial charge < -0.3 is 5.73 Å². The zero-order chi connectivity index (χ0) is 10.6. The van der Waals surface area contributed by atoms with Crippen LogP contribution in [0.3, 0.4) is 0 Å². The molecule has 0 aliphatic heterocycles. The second kappa shape index (κ2) is 5.10. The highest BCUT2D eigenvalue weighted by Gasteiger charge is 2.11. The van der Waals surface area contributed by atoms with Gasteiger partial charge in [-0.2, -0.15) is 0 Å². The minimum absolute atomic E-state index is 0.0255. The molecule has 0 fully saturated rings. The molecule has 0 spiro atoms. The topological polar surface area (TPSA) is 56.7 Å². The summed E-state index contributed by atoms with van der Waals surface area (Å²) < 4.78 is 1.91. The van der Waals surface area contributed by atoms with Gasteiger partial charge in [-0.1, -0.05) is 25.5 Å². The molecule has 0 bridgehead atoms. The fraction of sp³-hybridized carbons (Fsp3) is 0.800. The van der Waals surface area contributed by atoms with Gasteiger partial charge in [-0.15, -0.1) is 5.10 Å². The summed E-state index contributed by atoms with van der Waals surface area (Å²) in [6, 6.07) is 0.447. The van der Waals surface area contributed by atoms with Crippen molar-refractivity contribution < 1.29 is 0 Å². The zero-order valence-electron chi connectivity index (χ0n) is 9.27. The lowest BCUT2D eigenvalue weighted by molar-refractivity contribution is 0.443. The Kier molecular flexibility index (Phi) is 4.07. The van der Waals surface area contributed by atoms with Crippen molar-refractivity contribution in [1.82, 2.24) is 15.0 Å². The average Bonchev–Trinajstić information content (AvgIpc) is 2.66. The molecule has 0 saturated heterocycles. The molecule has 0 aliphatic rings. The largest absolute Gasteiger partial charge is 0.323 e. The van der Waals surface area contributed by atoms with Crippen molar-refractivity contribution in [2.45, 2.75) is 52.1 Å². The third kappa shape index (κ3) is 2.54. The second-order valence-electron chi connectivity index (χ2n) is 3.78. The van der Waals surface area contributed by atoms with Crippen LogP contribution in [0.2, 0.25) is 0 Å². The molecule has 2 unspecified atom stereocenters. The van der Waals surface area contributed by atoms with Gasteiger partial charge in [0.25, 0.3) is 0 Å². The van der Waals surface area contributed by atoms with Crippen LogP contribution in [0.25, 0.3) is 0 Å². The van der Waals surface area contributed by atoms with Gasteiger partial charge in [0.05, 0.1) is 24.0 Å². The predicted octanol–water partition coefficient (Wildman–Crippen LogP) is 2.05. The summed E-state index contributed by atoms with van der Waals surface area (Å²) >= 11 is 0. The van der Waals surface area contributed by atoms with E-state index in [2.05, 4.69) is 31.1 Å². The fourth-order valence-electron chi connectivity index (χ4n) is 1.43. The van der Waals surface area contributed by atoms with Crippen molar-refractivity contribution >= 4 is 0 Å². The Labute approximate surface area is 85.5 Å². The number of aromatic nitrogens is 3. The van der Waals surface area contributed by atoms with Crippen LogP contribution in [0.4, 0.5) is 0 Å². The SMILES string of the molecule is CCCC(C)n1cc(C(N)CC)nn1. The van der Waals surface area contributed by atoms with Crippen LogP contribution in [0.15, 0.2) is 6.20 Å². The van der Waals surface area contributed by atoms with Crippen LogP contribution in [0.5, 0.6) is 0 Å². The molecule has 0 aromatic carbocycles. The first-order chi connectivity index (χ1) is 6.69. The molecule has 80 valence electrons. The molecular formula is C10H20N4. The van der Waals surface area contributed by atoms with Crippen LogP contribution in [0, 0.1) is 0 Å². The van der Waals surface area contributed by atoms with Crippen molar-refractivity contribution in [2.75, 3.05) is 0 Å². The van der Waals surface area contributed by atoms with Crippen molar-refractivity contribution in [3.8, 4) is 0 Å². The van der Waals surface area contributed by atoms with Gasteiger partial charge in [-0.25, -0.2) is 4.68 Å². The van der Waals surface area contributed by atoms with Crippen molar-refractivity contribution in [2.24, 2.45) is 5.73 Å². The molecule has 4 nitrogen and oxygen atoms in total. The van der Waals surface area contributed by atoms with E-state index in [0.717, 1.165) is 25.0 Å². The van der Waals surface area contributed by atoms with E-state index in [1.165, 1.54) is 0 Å². The van der Waals surface area contributed by atoms with E-state index in [4.69, 9.17) is 5.73 Å². The van der Waals surface area contributed by atoms with Gasteiger partial charge in [0.15, 0.2) is 0 Å². The van der Waals surface area contributed by atoms with Crippen molar-refractivity contribution in [1.29, 1.82) is 0 Å². The van der Waals surface area contributed by atoms with Crippen LogP contribution in [-0.4, -0.2) is 15.0 Å². The number of nitrogens with two attached hydrogens (primary N) is 1. The van der Waals surface area contributed by atoms with Gasteiger partial charge in [0.1, 0.15) is 0 Å². The highest BCUT2D eigenvalue weighted by molar-refractivity contribution is 4.99. The van der Waals surface area contributed by atoms with E-state index < -0.39 is 0 Å². The lowest BCUT2D eigenvalue weighted by Crippen LogP contribution is -2.09. The fourth-order valence-corrected chi connectivity index (χ4v) is 1.43. The minimum atomic E-state index is 0.0255. The summed E-state index contributed by atoms with van der Waals surface area (Å²) in [5.41, 5.74) is 6.76. The Morgan fingerprint density at radius 2 is 2.21 bits per heavy atom. The Morgan fingerprint density at radius 1 is 1.50 bits per heavy atom. The monoisotopic (exact) mass is 196 g/mol. The Hall–Kier alpha value is -0.900. The summed E-state index contributed by atoms with van der Waals surface area (Å²) in [6.45, 7) is 6.38. The van der Waals surface area contributed by atoms with E-state index in [0.29, 0.717) is 6.04 Å². The quantitative estimate of drug-likeness (QED) is 0.784. The Balaban J connectivity index is 2.67. The highest BCUT2D eigenvalue weighted by atomic mass is 15.4. The van der Waals surface area contributed by atoms with E-state index in [-0.39, 0.29) is 6.04 Å². The first-order valence-electron chi connectivity index (χ1n) is 5.36. The molecule has 0 amide bonds. The Morgan fingerprint density at radius 3 is 2.79 bits per heavy atom. The molecule has 1 heterocycles. The number of hydrogen-bond acceptors (Lipinski definition) is 3. The van der Waals surface area contributed by atoms with Crippen LogP contribution < -0.4 is 5.73 Å². The molecule has 1 aromatic rings. The molecule has 0 aliphatic carbocycles. The van der Waals surface area contributed by atoms with Crippen LogP contribution >= 0.6 is 0 Å². The molecule has 1 rings (SSSR count).